The molecule has 108 valence electrons. The van der Waals surface area contributed by atoms with Gasteiger partial charge in [-0.25, -0.2) is 4.98 Å². The molecule has 4 nitrogen and oxygen atoms in total. The zero-order valence-electron chi connectivity index (χ0n) is 12.3. The van der Waals surface area contributed by atoms with Crippen molar-refractivity contribution in [3.8, 4) is 5.75 Å². The van der Waals surface area contributed by atoms with Crippen molar-refractivity contribution >= 4 is 17.0 Å². The average molecular weight is 281 g/mol. The van der Waals surface area contributed by atoms with E-state index in [4.69, 9.17) is 4.74 Å². The van der Waals surface area contributed by atoms with Gasteiger partial charge < -0.3 is 14.6 Å². The van der Waals surface area contributed by atoms with Crippen LogP contribution in [0, 0.1) is 0 Å². The van der Waals surface area contributed by atoms with Crippen molar-refractivity contribution in [1.29, 1.82) is 0 Å². The lowest BCUT2D eigenvalue weighted by atomic mass is 10.2. The van der Waals surface area contributed by atoms with Crippen LogP contribution in [-0.4, -0.2) is 16.2 Å². The number of fused-ring (bicyclic) bond motifs is 1. The molecular weight excluding hydrogens is 262 g/mol. The summed E-state index contributed by atoms with van der Waals surface area (Å²) in [6.45, 7) is 3.39. The molecule has 0 aliphatic carbocycles. The van der Waals surface area contributed by atoms with Gasteiger partial charge in [-0.2, -0.15) is 0 Å². The third kappa shape index (κ3) is 2.84. The van der Waals surface area contributed by atoms with Crippen LogP contribution in [-0.2, 0) is 13.6 Å². The van der Waals surface area contributed by atoms with Gasteiger partial charge in [0.25, 0.3) is 0 Å². The quantitative estimate of drug-likeness (QED) is 0.777. The maximum Gasteiger partial charge on any atom is 0.203 e. The van der Waals surface area contributed by atoms with Crippen LogP contribution in [0.3, 0.4) is 0 Å². The number of anilines is 1. The fraction of sp³-hybridized carbons (Fsp3) is 0.235. The number of imidazole rings is 1. The van der Waals surface area contributed by atoms with Crippen LogP contribution < -0.4 is 10.1 Å². The van der Waals surface area contributed by atoms with Gasteiger partial charge in [0.15, 0.2) is 0 Å². The number of benzene rings is 2. The lowest BCUT2D eigenvalue weighted by Crippen LogP contribution is -2.05. The Labute approximate surface area is 124 Å². The van der Waals surface area contributed by atoms with Gasteiger partial charge in [0.2, 0.25) is 5.95 Å². The fourth-order valence-corrected chi connectivity index (χ4v) is 2.40. The Morgan fingerprint density at radius 2 is 2.00 bits per heavy atom. The molecule has 4 heteroatoms. The number of nitrogens with one attached hydrogen (secondary N) is 1. The molecule has 1 heterocycles. The molecule has 21 heavy (non-hydrogen) atoms. The summed E-state index contributed by atoms with van der Waals surface area (Å²) < 4.78 is 7.59. The van der Waals surface area contributed by atoms with Gasteiger partial charge in [-0.3, -0.25) is 0 Å². The van der Waals surface area contributed by atoms with E-state index in [2.05, 4.69) is 33.1 Å². The van der Waals surface area contributed by atoms with E-state index in [-0.39, 0.29) is 0 Å². The second kappa shape index (κ2) is 5.87. The summed E-state index contributed by atoms with van der Waals surface area (Å²) in [6, 6.07) is 16.2. The molecule has 3 rings (SSSR count). The topological polar surface area (TPSA) is 39.1 Å². The van der Waals surface area contributed by atoms with Crippen molar-refractivity contribution in [3.05, 3.63) is 54.1 Å². The van der Waals surface area contributed by atoms with E-state index >= 15 is 0 Å². The van der Waals surface area contributed by atoms with E-state index < -0.39 is 0 Å². The molecule has 1 aromatic heterocycles. The van der Waals surface area contributed by atoms with Crippen LogP contribution in [0.2, 0.25) is 0 Å². The Bertz CT molecular complexity index is 749. The van der Waals surface area contributed by atoms with Crippen LogP contribution in [0.25, 0.3) is 11.0 Å². The maximum atomic E-state index is 5.52. The average Bonchev–Trinajstić information content (AvgIpc) is 2.83. The Hall–Kier alpha value is -2.49. The number of aromatic nitrogens is 2. The lowest BCUT2D eigenvalue weighted by molar-refractivity contribution is 0.340. The van der Waals surface area contributed by atoms with Gasteiger partial charge in [-0.05, 0) is 36.8 Å². The highest BCUT2D eigenvalue weighted by Gasteiger charge is 2.06. The number of hydrogen-bond donors (Lipinski definition) is 1. The zero-order chi connectivity index (χ0) is 14.7. The Balaban J connectivity index is 1.77. The summed E-state index contributed by atoms with van der Waals surface area (Å²) in [4.78, 5) is 4.61. The minimum atomic E-state index is 0.682. The molecule has 0 fully saturated rings. The molecule has 0 amide bonds. The van der Waals surface area contributed by atoms with Crippen molar-refractivity contribution in [2.75, 3.05) is 11.9 Å². The van der Waals surface area contributed by atoms with Crippen molar-refractivity contribution in [1.82, 2.24) is 9.55 Å². The molecule has 1 N–H and O–H groups in total. The van der Waals surface area contributed by atoms with Crippen molar-refractivity contribution in [2.24, 2.45) is 7.05 Å². The molecule has 2 aromatic carbocycles. The predicted molar refractivity (Wildman–Crippen MR) is 85.7 cm³/mol. The standard InChI is InChI=1S/C17H19N3O/c1-3-21-14-8-6-7-13(11-14)12-18-17-19-15-9-4-5-10-16(15)20(17)2/h4-11H,3,12H2,1-2H3,(H,18,19). The summed E-state index contributed by atoms with van der Waals surface area (Å²) in [5.41, 5.74) is 3.31. The smallest absolute Gasteiger partial charge is 0.203 e. The molecule has 0 aliphatic heterocycles. The second-order valence-corrected chi connectivity index (χ2v) is 4.92. The molecule has 0 saturated heterocycles. The highest BCUT2D eigenvalue weighted by molar-refractivity contribution is 5.78. The number of para-hydroxylation sites is 2. The Morgan fingerprint density at radius 3 is 2.81 bits per heavy atom. The van der Waals surface area contributed by atoms with Gasteiger partial charge in [0, 0.05) is 13.6 Å². The van der Waals surface area contributed by atoms with Crippen molar-refractivity contribution in [3.63, 3.8) is 0 Å². The van der Waals surface area contributed by atoms with Crippen LogP contribution in [0.15, 0.2) is 48.5 Å². The molecule has 0 saturated carbocycles. The first-order valence-corrected chi connectivity index (χ1v) is 7.15. The maximum absolute atomic E-state index is 5.52. The van der Waals surface area contributed by atoms with Gasteiger partial charge in [0.1, 0.15) is 5.75 Å². The first-order valence-electron chi connectivity index (χ1n) is 7.15. The molecule has 0 atom stereocenters. The molecule has 0 bridgehead atoms. The minimum Gasteiger partial charge on any atom is -0.494 e. The molecule has 0 unspecified atom stereocenters. The molecular formula is C17H19N3O. The minimum absolute atomic E-state index is 0.682. The van der Waals surface area contributed by atoms with Gasteiger partial charge in [0.05, 0.1) is 17.6 Å². The number of ether oxygens (including phenoxy) is 1. The summed E-state index contributed by atoms with van der Waals surface area (Å²) in [6.07, 6.45) is 0. The van der Waals surface area contributed by atoms with E-state index in [9.17, 15) is 0 Å². The first kappa shape index (κ1) is 13.5. The summed E-state index contributed by atoms with van der Waals surface area (Å²) in [5.74, 6) is 1.78. The third-order valence-corrected chi connectivity index (χ3v) is 3.45. The van der Waals surface area contributed by atoms with Crippen LogP contribution in [0.1, 0.15) is 12.5 Å². The van der Waals surface area contributed by atoms with E-state index in [1.807, 2.05) is 44.3 Å². The molecule has 0 aliphatic rings. The zero-order valence-corrected chi connectivity index (χ0v) is 12.3. The molecule has 0 radical (unpaired) electrons. The summed E-state index contributed by atoms with van der Waals surface area (Å²) >= 11 is 0. The Kier molecular flexibility index (Phi) is 3.77. The van der Waals surface area contributed by atoms with Crippen LogP contribution >= 0.6 is 0 Å². The third-order valence-electron chi connectivity index (χ3n) is 3.45. The molecule has 3 aromatic rings. The van der Waals surface area contributed by atoms with E-state index in [0.717, 1.165) is 29.3 Å². The van der Waals surface area contributed by atoms with Gasteiger partial charge in [-0.15, -0.1) is 0 Å². The fourth-order valence-electron chi connectivity index (χ4n) is 2.40. The van der Waals surface area contributed by atoms with Crippen molar-refractivity contribution in [2.45, 2.75) is 13.5 Å². The number of nitrogens with zero attached hydrogens (tertiary/aromatic N) is 2. The van der Waals surface area contributed by atoms with Crippen LogP contribution in [0.4, 0.5) is 5.95 Å². The number of hydrogen-bond acceptors (Lipinski definition) is 3. The van der Waals surface area contributed by atoms with E-state index in [1.54, 1.807) is 0 Å². The highest BCUT2D eigenvalue weighted by atomic mass is 16.5. The van der Waals surface area contributed by atoms with E-state index in [0.29, 0.717) is 6.61 Å². The van der Waals surface area contributed by atoms with Crippen molar-refractivity contribution < 1.29 is 4.74 Å². The summed E-state index contributed by atoms with van der Waals surface area (Å²) in [7, 11) is 2.02. The monoisotopic (exact) mass is 281 g/mol. The van der Waals surface area contributed by atoms with Crippen LogP contribution in [0.5, 0.6) is 5.75 Å². The lowest BCUT2D eigenvalue weighted by Gasteiger charge is -2.08. The summed E-state index contributed by atoms with van der Waals surface area (Å²) in [5, 5.41) is 3.38. The largest absolute Gasteiger partial charge is 0.494 e. The highest BCUT2D eigenvalue weighted by Crippen LogP contribution is 2.19. The number of aryl methyl sites for hydroxylation is 1. The first-order chi connectivity index (χ1) is 10.3. The van der Waals surface area contributed by atoms with E-state index in [1.165, 1.54) is 5.56 Å². The SMILES string of the molecule is CCOc1cccc(CNc2nc3ccccc3n2C)c1. The second-order valence-electron chi connectivity index (χ2n) is 4.92. The van der Waals surface area contributed by atoms with Gasteiger partial charge in [-0.1, -0.05) is 24.3 Å². The normalized spacial score (nSPS) is 10.8. The number of rotatable bonds is 5. The predicted octanol–water partition coefficient (Wildman–Crippen LogP) is 3.58. The Morgan fingerprint density at radius 1 is 1.14 bits per heavy atom. The van der Waals surface area contributed by atoms with Gasteiger partial charge >= 0.3 is 0 Å². The molecule has 0 spiro atoms.